The SMILES string of the molecule is CCC=N/C(=C\CC)N(C)CCNCC. The van der Waals surface area contributed by atoms with Gasteiger partial charge in [0, 0.05) is 26.4 Å². The molecule has 3 nitrogen and oxygen atoms in total. The second-order valence-corrected chi connectivity index (χ2v) is 3.47. The van der Waals surface area contributed by atoms with E-state index in [1.54, 1.807) is 0 Å². The van der Waals surface area contributed by atoms with Crippen LogP contribution >= 0.6 is 0 Å². The summed E-state index contributed by atoms with van der Waals surface area (Å²) < 4.78 is 0. The van der Waals surface area contributed by atoms with Crippen LogP contribution < -0.4 is 5.32 Å². The zero-order chi connectivity index (χ0) is 11.5. The first kappa shape index (κ1) is 14.2. The third-order valence-corrected chi connectivity index (χ3v) is 2.06. The molecule has 0 aromatic rings. The van der Waals surface area contributed by atoms with Gasteiger partial charge in [0.25, 0.3) is 0 Å². The van der Waals surface area contributed by atoms with Gasteiger partial charge in [-0.05, 0) is 25.5 Å². The highest BCUT2D eigenvalue weighted by atomic mass is 15.2. The van der Waals surface area contributed by atoms with Crippen molar-refractivity contribution in [2.45, 2.75) is 33.6 Å². The summed E-state index contributed by atoms with van der Waals surface area (Å²) in [6.07, 6.45) is 6.15. The number of nitrogens with one attached hydrogen (secondary N) is 1. The Hall–Kier alpha value is -0.830. The van der Waals surface area contributed by atoms with E-state index >= 15 is 0 Å². The molecule has 0 atom stereocenters. The molecule has 0 aromatic heterocycles. The number of nitrogens with zero attached hydrogens (tertiary/aromatic N) is 2. The highest BCUT2D eigenvalue weighted by Gasteiger charge is 2.00. The summed E-state index contributed by atoms with van der Waals surface area (Å²) in [5, 5.41) is 3.31. The van der Waals surface area contributed by atoms with Crippen molar-refractivity contribution in [3.05, 3.63) is 11.9 Å². The predicted molar refractivity (Wildman–Crippen MR) is 68.3 cm³/mol. The van der Waals surface area contributed by atoms with Gasteiger partial charge in [-0.2, -0.15) is 0 Å². The third kappa shape index (κ3) is 7.14. The van der Waals surface area contributed by atoms with Crippen LogP contribution in [-0.2, 0) is 0 Å². The number of aliphatic imine (C=N–C) groups is 1. The highest BCUT2D eigenvalue weighted by molar-refractivity contribution is 5.58. The van der Waals surface area contributed by atoms with E-state index < -0.39 is 0 Å². The Bertz CT molecular complexity index is 197. The minimum Gasteiger partial charge on any atom is -0.359 e. The molecule has 0 aromatic carbocycles. The van der Waals surface area contributed by atoms with Crippen LogP contribution in [-0.4, -0.2) is 37.8 Å². The van der Waals surface area contributed by atoms with E-state index in [4.69, 9.17) is 0 Å². The molecular formula is C12H25N3. The molecule has 0 radical (unpaired) electrons. The predicted octanol–water partition coefficient (Wildman–Crippen LogP) is 2.26. The Morgan fingerprint density at radius 1 is 1.27 bits per heavy atom. The van der Waals surface area contributed by atoms with Crippen LogP contribution in [0.3, 0.4) is 0 Å². The largest absolute Gasteiger partial charge is 0.359 e. The Balaban J connectivity index is 4.11. The maximum Gasteiger partial charge on any atom is 0.123 e. The standard InChI is InChI=1S/C12H25N3/c1-5-8-12(14-9-6-2)15(4)11-10-13-7-3/h8-9,13H,5-7,10-11H2,1-4H3/b12-8+,14-9?. The smallest absolute Gasteiger partial charge is 0.123 e. The Kier molecular flexibility index (Phi) is 9.18. The first-order chi connectivity index (χ1) is 7.26. The minimum absolute atomic E-state index is 0.988. The van der Waals surface area contributed by atoms with Crippen LogP contribution in [0.5, 0.6) is 0 Å². The Morgan fingerprint density at radius 3 is 2.53 bits per heavy atom. The number of rotatable bonds is 8. The fraction of sp³-hybridized carbons (Fsp3) is 0.750. The van der Waals surface area contributed by atoms with Crippen molar-refractivity contribution >= 4 is 6.21 Å². The summed E-state index contributed by atoms with van der Waals surface area (Å²) in [6, 6.07) is 0. The van der Waals surface area contributed by atoms with Crippen LogP contribution in [0.1, 0.15) is 33.6 Å². The second-order valence-electron chi connectivity index (χ2n) is 3.47. The molecule has 0 saturated heterocycles. The molecule has 0 heterocycles. The molecule has 0 fully saturated rings. The maximum atomic E-state index is 4.44. The quantitative estimate of drug-likeness (QED) is 0.492. The minimum atomic E-state index is 0.988. The van der Waals surface area contributed by atoms with E-state index in [9.17, 15) is 0 Å². The van der Waals surface area contributed by atoms with Gasteiger partial charge in [0.15, 0.2) is 0 Å². The molecule has 88 valence electrons. The molecule has 1 N–H and O–H groups in total. The van der Waals surface area contributed by atoms with Gasteiger partial charge in [-0.25, -0.2) is 4.99 Å². The average molecular weight is 211 g/mol. The molecule has 0 aliphatic heterocycles. The van der Waals surface area contributed by atoms with Crippen molar-refractivity contribution in [3.63, 3.8) is 0 Å². The first-order valence-electron chi connectivity index (χ1n) is 5.90. The monoisotopic (exact) mass is 211 g/mol. The van der Waals surface area contributed by atoms with Crippen molar-refractivity contribution < 1.29 is 0 Å². The fourth-order valence-electron chi connectivity index (χ4n) is 1.21. The molecule has 0 unspecified atom stereocenters. The number of hydrogen-bond donors (Lipinski definition) is 1. The van der Waals surface area contributed by atoms with Gasteiger partial charge in [0.05, 0.1) is 0 Å². The lowest BCUT2D eigenvalue weighted by molar-refractivity contribution is 0.405. The summed E-state index contributed by atoms with van der Waals surface area (Å²) in [6.45, 7) is 9.40. The van der Waals surface area contributed by atoms with Crippen LogP contribution in [0.15, 0.2) is 16.9 Å². The molecule has 3 heteroatoms. The number of hydrogen-bond acceptors (Lipinski definition) is 3. The van der Waals surface area contributed by atoms with E-state index in [0.717, 1.165) is 38.3 Å². The highest BCUT2D eigenvalue weighted by Crippen LogP contribution is 2.03. The summed E-state index contributed by atoms with van der Waals surface area (Å²) in [5.41, 5.74) is 0. The molecular weight excluding hydrogens is 186 g/mol. The van der Waals surface area contributed by atoms with Crippen LogP contribution in [0, 0.1) is 0 Å². The molecule has 0 spiro atoms. The van der Waals surface area contributed by atoms with E-state index in [1.165, 1.54) is 0 Å². The van der Waals surface area contributed by atoms with Crippen molar-refractivity contribution in [1.82, 2.24) is 10.2 Å². The van der Waals surface area contributed by atoms with Crippen LogP contribution in [0.25, 0.3) is 0 Å². The van der Waals surface area contributed by atoms with E-state index in [1.807, 2.05) is 6.21 Å². The summed E-state index contributed by atoms with van der Waals surface area (Å²) >= 11 is 0. The van der Waals surface area contributed by atoms with Gasteiger partial charge in [0.2, 0.25) is 0 Å². The number of likely N-dealkylation sites (N-methyl/N-ethyl adjacent to an activating group) is 2. The summed E-state index contributed by atoms with van der Waals surface area (Å²) in [5.74, 6) is 1.08. The van der Waals surface area contributed by atoms with Crippen molar-refractivity contribution in [2.24, 2.45) is 4.99 Å². The normalized spacial score (nSPS) is 12.4. The lowest BCUT2D eigenvalue weighted by Gasteiger charge is -2.19. The molecule has 0 amide bonds. The molecule has 0 rings (SSSR count). The topological polar surface area (TPSA) is 27.6 Å². The Morgan fingerprint density at radius 2 is 2.00 bits per heavy atom. The summed E-state index contributed by atoms with van der Waals surface area (Å²) in [4.78, 5) is 6.64. The van der Waals surface area contributed by atoms with Gasteiger partial charge >= 0.3 is 0 Å². The first-order valence-corrected chi connectivity index (χ1v) is 5.90. The van der Waals surface area contributed by atoms with Crippen molar-refractivity contribution in [1.29, 1.82) is 0 Å². The van der Waals surface area contributed by atoms with Gasteiger partial charge in [-0.15, -0.1) is 0 Å². The molecule has 15 heavy (non-hydrogen) atoms. The second kappa shape index (κ2) is 9.71. The average Bonchev–Trinajstić information content (AvgIpc) is 2.24. The van der Waals surface area contributed by atoms with Gasteiger partial charge in [-0.1, -0.05) is 20.8 Å². The lowest BCUT2D eigenvalue weighted by Crippen LogP contribution is -2.28. The van der Waals surface area contributed by atoms with E-state index in [-0.39, 0.29) is 0 Å². The number of allylic oxidation sites excluding steroid dienone is 1. The van der Waals surface area contributed by atoms with Crippen molar-refractivity contribution in [3.8, 4) is 0 Å². The molecule has 0 aliphatic rings. The lowest BCUT2D eigenvalue weighted by atomic mass is 10.4. The fourth-order valence-corrected chi connectivity index (χ4v) is 1.21. The molecule has 0 bridgehead atoms. The third-order valence-electron chi connectivity index (χ3n) is 2.06. The van der Waals surface area contributed by atoms with Gasteiger partial charge < -0.3 is 10.2 Å². The van der Waals surface area contributed by atoms with Crippen LogP contribution in [0.2, 0.25) is 0 Å². The zero-order valence-electron chi connectivity index (χ0n) is 10.6. The molecule has 0 saturated carbocycles. The Labute approximate surface area is 94.3 Å². The molecule has 0 aliphatic carbocycles. The van der Waals surface area contributed by atoms with Gasteiger partial charge in [0.1, 0.15) is 5.82 Å². The zero-order valence-corrected chi connectivity index (χ0v) is 10.6. The van der Waals surface area contributed by atoms with Crippen LogP contribution in [0.4, 0.5) is 0 Å². The van der Waals surface area contributed by atoms with Crippen molar-refractivity contribution in [2.75, 3.05) is 26.7 Å². The van der Waals surface area contributed by atoms with Gasteiger partial charge in [-0.3, -0.25) is 0 Å². The van der Waals surface area contributed by atoms with E-state index in [2.05, 4.69) is 49.1 Å². The van der Waals surface area contributed by atoms with E-state index in [0.29, 0.717) is 0 Å². The maximum absolute atomic E-state index is 4.44. The summed E-state index contributed by atoms with van der Waals surface area (Å²) in [7, 11) is 2.09.